The maximum atomic E-state index is 11.9. The average Bonchev–Trinajstić information content (AvgIpc) is 2.87. The summed E-state index contributed by atoms with van der Waals surface area (Å²) in [5.41, 5.74) is 2.81. The van der Waals surface area contributed by atoms with E-state index in [4.69, 9.17) is 5.21 Å². The fraction of sp³-hybridized carbons (Fsp3) is 0.400. The summed E-state index contributed by atoms with van der Waals surface area (Å²) in [7, 11) is 0. The van der Waals surface area contributed by atoms with E-state index in [0.29, 0.717) is 0 Å². The molecule has 1 atom stereocenters. The third-order valence-electron chi connectivity index (χ3n) is 3.46. The molecule has 0 bridgehead atoms. The first-order chi connectivity index (χ1) is 9.27. The van der Waals surface area contributed by atoms with Crippen molar-refractivity contribution in [3.63, 3.8) is 0 Å². The highest BCUT2D eigenvalue weighted by molar-refractivity contribution is 5.85. The number of unbranched alkanes of at least 4 members (excludes halogenated alkanes) is 2. The lowest BCUT2D eigenvalue weighted by molar-refractivity contribution is -0.132. The summed E-state index contributed by atoms with van der Waals surface area (Å²) in [4.78, 5) is 11.9. The third-order valence-corrected chi connectivity index (χ3v) is 3.46. The highest BCUT2D eigenvalue weighted by Crippen LogP contribution is 2.24. The van der Waals surface area contributed by atoms with Crippen molar-refractivity contribution in [2.45, 2.75) is 38.6 Å². The molecule has 4 nitrogen and oxygen atoms in total. The number of carbonyl (C=O) groups is 1. The molecule has 0 aliphatic rings. The number of amides is 1. The molecule has 19 heavy (non-hydrogen) atoms. The highest BCUT2D eigenvalue weighted by atomic mass is 16.5. The smallest absolute Gasteiger partial charge is 0.266 e. The first-order valence-electron chi connectivity index (χ1n) is 6.77. The lowest BCUT2D eigenvalue weighted by Crippen LogP contribution is -2.30. The lowest BCUT2D eigenvalue weighted by Gasteiger charge is -2.18. The summed E-state index contributed by atoms with van der Waals surface area (Å²) in [6, 6.07) is 9.59. The fourth-order valence-corrected chi connectivity index (χ4v) is 2.43. The maximum Gasteiger partial charge on any atom is 0.266 e. The van der Waals surface area contributed by atoms with Crippen LogP contribution >= 0.6 is 0 Å². The van der Waals surface area contributed by atoms with Crippen LogP contribution in [0.3, 0.4) is 0 Å². The van der Waals surface area contributed by atoms with Gasteiger partial charge in [0, 0.05) is 11.7 Å². The monoisotopic (exact) mass is 260 g/mol. The molecule has 2 aromatic rings. The standard InChI is InChI=1S/C15H20N2O2/c1-2-3-4-9-14(15(18)16-19)17-11-10-12-7-5-6-8-13(12)17/h5-8,10-11,14,19H,2-4,9H2,1H3,(H,16,18). The molecule has 1 heterocycles. The molecule has 0 saturated carbocycles. The Labute approximate surface area is 113 Å². The van der Waals surface area contributed by atoms with Crippen molar-refractivity contribution in [1.82, 2.24) is 10.0 Å². The maximum absolute atomic E-state index is 11.9. The second kappa shape index (κ2) is 6.38. The summed E-state index contributed by atoms with van der Waals surface area (Å²) in [5.74, 6) is -0.350. The number of nitrogens with one attached hydrogen (secondary N) is 1. The Bertz CT molecular complexity index is 548. The fourth-order valence-electron chi connectivity index (χ4n) is 2.43. The Kier molecular flexibility index (Phi) is 4.58. The SMILES string of the molecule is CCCCCC(C(=O)NO)n1ccc2ccccc21. The minimum atomic E-state index is -0.351. The zero-order valence-corrected chi connectivity index (χ0v) is 11.2. The van der Waals surface area contributed by atoms with Gasteiger partial charge >= 0.3 is 0 Å². The van der Waals surface area contributed by atoms with Crippen molar-refractivity contribution in [3.05, 3.63) is 36.5 Å². The normalized spacial score (nSPS) is 12.5. The molecular formula is C15H20N2O2. The minimum absolute atomic E-state index is 0.350. The summed E-state index contributed by atoms with van der Waals surface area (Å²) >= 11 is 0. The Balaban J connectivity index is 2.29. The van der Waals surface area contributed by atoms with E-state index in [1.807, 2.05) is 41.1 Å². The van der Waals surface area contributed by atoms with Gasteiger partial charge < -0.3 is 4.57 Å². The van der Waals surface area contributed by atoms with E-state index in [1.165, 1.54) is 0 Å². The van der Waals surface area contributed by atoms with E-state index in [1.54, 1.807) is 5.48 Å². The van der Waals surface area contributed by atoms with Crippen molar-refractivity contribution < 1.29 is 10.0 Å². The molecule has 0 radical (unpaired) electrons. The van der Waals surface area contributed by atoms with Crippen LogP contribution in [0.25, 0.3) is 10.9 Å². The molecule has 0 spiro atoms. The molecular weight excluding hydrogens is 240 g/mol. The summed E-state index contributed by atoms with van der Waals surface area (Å²) in [6.45, 7) is 2.13. The van der Waals surface area contributed by atoms with Gasteiger partial charge in [-0.3, -0.25) is 10.0 Å². The minimum Gasteiger partial charge on any atom is -0.335 e. The molecule has 1 amide bonds. The lowest BCUT2D eigenvalue weighted by atomic mass is 10.1. The van der Waals surface area contributed by atoms with Gasteiger partial charge in [-0.1, -0.05) is 44.4 Å². The van der Waals surface area contributed by atoms with E-state index in [2.05, 4.69) is 6.92 Å². The molecule has 1 aromatic heterocycles. The average molecular weight is 260 g/mol. The van der Waals surface area contributed by atoms with Gasteiger partial charge in [0.25, 0.3) is 5.91 Å². The van der Waals surface area contributed by atoms with E-state index in [0.717, 1.165) is 36.6 Å². The van der Waals surface area contributed by atoms with E-state index < -0.39 is 0 Å². The molecule has 0 aliphatic heterocycles. The molecule has 2 rings (SSSR count). The summed E-state index contributed by atoms with van der Waals surface area (Å²) in [6.07, 6.45) is 5.82. The van der Waals surface area contributed by atoms with E-state index >= 15 is 0 Å². The van der Waals surface area contributed by atoms with Crippen LogP contribution in [0, 0.1) is 0 Å². The number of hydroxylamine groups is 1. The molecule has 1 unspecified atom stereocenters. The van der Waals surface area contributed by atoms with Crippen LogP contribution in [0.2, 0.25) is 0 Å². The molecule has 4 heteroatoms. The topological polar surface area (TPSA) is 54.3 Å². The number of fused-ring (bicyclic) bond motifs is 1. The Morgan fingerprint density at radius 3 is 2.84 bits per heavy atom. The second-order valence-electron chi connectivity index (χ2n) is 4.77. The zero-order chi connectivity index (χ0) is 13.7. The van der Waals surface area contributed by atoms with Gasteiger partial charge in [-0.2, -0.15) is 0 Å². The second-order valence-corrected chi connectivity index (χ2v) is 4.77. The summed E-state index contributed by atoms with van der Waals surface area (Å²) in [5, 5.41) is 10.0. The van der Waals surface area contributed by atoms with Gasteiger partial charge in [-0.05, 0) is 23.9 Å². The number of rotatable bonds is 6. The molecule has 0 saturated heterocycles. The molecule has 2 N–H and O–H groups in total. The Morgan fingerprint density at radius 2 is 2.11 bits per heavy atom. The van der Waals surface area contributed by atoms with Gasteiger partial charge in [0.2, 0.25) is 0 Å². The number of nitrogens with zero attached hydrogens (tertiary/aromatic N) is 1. The number of aromatic nitrogens is 1. The Morgan fingerprint density at radius 1 is 1.32 bits per heavy atom. The number of para-hydroxylation sites is 1. The van der Waals surface area contributed by atoms with Crippen molar-refractivity contribution in [2.75, 3.05) is 0 Å². The predicted octanol–water partition coefficient (Wildman–Crippen LogP) is 3.27. The van der Waals surface area contributed by atoms with Crippen molar-refractivity contribution in [2.24, 2.45) is 0 Å². The number of hydrogen-bond acceptors (Lipinski definition) is 2. The van der Waals surface area contributed by atoms with Crippen LogP contribution in [0.5, 0.6) is 0 Å². The Hall–Kier alpha value is -1.81. The van der Waals surface area contributed by atoms with Crippen LogP contribution < -0.4 is 5.48 Å². The number of hydrogen-bond donors (Lipinski definition) is 2. The van der Waals surface area contributed by atoms with Gasteiger partial charge in [0.1, 0.15) is 6.04 Å². The van der Waals surface area contributed by atoms with Crippen molar-refractivity contribution >= 4 is 16.8 Å². The van der Waals surface area contributed by atoms with Crippen LogP contribution in [0.1, 0.15) is 38.6 Å². The predicted molar refractivity (Wildman–Crippen MR) is 75.0 cm³/mol. The van der Waals surface area contributed by atoms with Crippen LogP contribution in [-0.4, -0.2) is 15.7 Å². The molecule has 1 aromatic carbocycles. The first kappa shape index (κ1) is 13.6. The van der Waals surface area contributed by atoms with E-state index in [-0.39, 0.29) is 11.9 Å². The van der Waals surface area contributed by atoms with E-state index in [9.17, 15) is 4.79 Å². The largest absolute Gasteiger partial charge is 0.335 e. The molecule has 0 fully saturated rings. The van der Waals surface area contributed by atoms with Crippen LogP contribution in [0.15, 0.2) is 36.5 Å². The van der Waals surface area contributed by atoms with Gasteiger partial charge in [0.15, 0.2) is 0 Å². The first-order valence-corrected chi connectivity index (χ1v) is 6.77. The molecule has 102 valence electrons. The quantitative estimate of drug-likeness (QED) is 0.476. The third kappa shape index (κ3) is 2.96. The number of benzene rings is 1. The van der Waals surface area contributed by atoms with Gasteiger partial charge in [-0.25, -0.2) is 5.48 Å². The number of carbonyl (C=O) groups excluding carboxylic acids is 1. The highest BCUT2D eigenvalue weighted by Gasteiger charge is 2.20. The van der Waals surface area contributed by atoms with Gasteiger partial charge in [0.05, 0.1) is 0 Å². The summed E-state index contributed by atoms with van der Waals surface area (Å²) < 4.78 is 1.94. The van der Waals surface area contributed by atoms with Gasteiger partial charge in [-0.15, -0.1) is 0 Å². The van der Waals surface area contributed by atoms with Crippen LogP contribution in [0.4, 0.5) is 0 Å². The van der Waals surface area contributed by atoms with Crippen molar-refractivity contribution in [1.29, 1.82) is 0 Å². The molecule has 0 aliphatic carbocycles. The van der Waals surface area contributed by atoms with Crippen LogP contribution in [-0.2, 0) is 4.79 Å². The van der Waals surface area contributed by atoms with Crippen molar-refractivity contribution in [3.8, 4) is 0 Å². The zero-order valence-electron chi connectivity index (χ0n) is 11.2.